The van der Waals surface area contributed by atoms with Crippen molar-refractivity contribution in [3.05, 3.63) is 24.0 Å². The quantitative estimate of drug-likeness (QED) is 0.840. The second-order valence-corrected chi connectivity index (χ2v) is 7.61. The van der Waals surface area contributed by atoms with E-state index in [0.717, 1.165) is 37.8 Å². The largest absolute Gasteiger partial charge is 0.398 e. The number of sulfonamides is 1. The molecule has 1 aliphatic rings. The van der Waals surface area contributed by atoms with Gasteiger partial charge in [0.25, 0.3) is 0 Å². The topological polar surface area (TPSA) is 72.2 Å². The summed E-state index contributed by atoms with van der Waals surface area (Å²) in [5, 5.41) is 0. The molecule has 20 heavy (non-hydrogen) atoms. The highest BCUT2D eigenvalue weighted by molar-refractivity contribution is 7.89. The maximum Gasteiger partial charge on any atom is 0.242 e. The predicted molar refractivity (Wildman–Crippen MR) is 77.2 cm³/mol. The van der Waals surface area contributed by atoms with Gasteiger partial charge in [-0.25, -0.2) is 17.5 Å². The Kier molecular flexibility index (Phi) is 4.34. The Bertz CT molecular complexity index is 581. The van der Waals surface area contributed by atoms with Gasteiger partial charge in [0.1, 0.15) is 10.7 Å². The Morgan fingerprint density at radius 1 is 1.30 bits per heavy atom. The van der Waals surface area contributed by atoms with E-state index in [1.807, 2.05) is 0 Å². The fourth-order valence-corrected chi connectivity index (χ4v) is 4.01. The van der Waals surface area contributed by atoms with Crippen LogP contribution in [0.5, 0.6) is 0 Å². The van der Waals surface area contributed by atoms with Crippen molar-refractivity contribution in [3.8, 4) is 0 Å². The number of hydrogen-bond acceptors (Lipinski definition) is 3. The highest BCUT2D eigenvalue weighted by Crippen LogP contribution is 2.35. The predicted octanol–water partition coefficient (Wildman–Crippen LogP) is 2.66. The molecule has 0 atom stereocenters. The Morgan fingerprint density at radius 2 is 1.95 bits per heavy atom. The molecule has 0 aromatic heterocycles. The van der Waals surface area contributed by atoms with Gasteiger partial charge in [0.15, 0.2) is 0 Å². The van der Waals surface area contributed by atoms with E-state index in [9.17, 15) is 12.8 Å². The van der Waals surface area contributed by atoms with Gasteiger partial charge >= 0.3 is 0 Å². The third-order valence-corrected chi connectivity index (χ3v) is 5.47. The van der Waals surface area contributed by atoms with Crippen molar-refractivity contribution in [1.29, 1.82) is 0 Å². The minimum Gasteiger partial charge on any atom is -0.398 e. The number of halogens is 1. The van der Waals surface area contributed by atoms with Crippen molar-refractivity contribution in [2.45, 2.75) is 43.9 Å². The molecule has 0 heterocycles. The van der Waals surface area contributed by atoms with Gasteiger partial charge in [-0.2, -0.15) is 0 Å². The van der Waals surface area contributed by atoms with E-state index in [4.69, 9.17) is 5.73 Å². The van der Waals surface area contributed by atoms with E-state index in [1.165, 1.54) is 12.5 Å². The van der Waals surface area contributed by atoms with Gasteiger partial charge in [-0.1, -0.05) is 26.2 Å². The van der Waals surface area contributed by atoms with Crippen LogP contribution in [0.15, 0.2) is 23.1 Å². The molecule has 3 N–H and O–H groups in total. The lowest BCUT2D eigenvalue weighted by molar-refractivity contribution is 0.219. The zero-order valence-electron chi connectivity index (χ0n) is 11.7. The van der Waals surface area contributed by atoms with Gasteiger partial charge < -0.3 is 5.73 Å². The number of nitrogen functional groups attached to an aromatic ring is 1. The number of nitrogens with one attached hydrogen (secondary N) is 1. The number of rotatable bonds is 4. The third kappa shape index (κ3) is 3.49. The SMILES string of the molecule is CC1(CNS(=O)(=O)c2cc(F)ccc2N)CCCCC1. The number of hydrogen-bond donors (Lipinski definition) is 2. The lowest BCUT2D eigenvalue weighted by atomic mass is 9.76. The van der Waals surface area contributed by atoms with Crippen LogP contribution in [0.1, 0.15) is 39.0 Å². The molecule has 1 aromatic carbocycles. The molecule has 0 unspecified atom stereocenters. The lowest BCUT2D eigenvalue weighted by Crippen LogP contribution is -2.37. The van der Waals surface area contributed by atoms with Crippen LogP contribution in [-0.2, 0) is 10.0 Å². The van der Waals surface area contributed by atoms with Crippen LogP contribution in [0.25, 0.3) is 0 Å². The van der Waals surface area contributed by atoms with Crippen LogP contribution in [0.3, 0.4) is 0 Å². The van der Waals surface area contributed by atoms with E-state index in [1.54, 1.807) is 0 Å². The standard InChI is InChI=1S/C14H21FN2O2S/c1-14(7-3-2-4-8-14)10-17-20(18,19)13-9-11(15)5-6-12(13)16/h5-6,9,17H,2-4,7-8,10,16H2,1H3. The van der Waals surface area contributed by atoms with E-state index in [2.05, 4.69) is 11.6 Å². The molecular weight excluding hydrogens is 279 g/mol. The monoisotopic (exact) mass is 300 g/mol. The molecule has 0 radical (unpaired) electrons. The summed E-state index contributed by atoms with van der Waals surface area (Å²) < 4.78 is 40.2. The Hall–Kier alpha value is -1.14. The van der Waals surface area contributed by atoms with Gasteiger partial charge in [-0.05, 0) is 36.5 Å². The molecule has 0 saturated heterocycles. The molecule has 1 aromatic rings. The molecule has 1 saturated carbocycles. The third-order valence-electron chi connectivity index (χ3n) is 4.01. The fourth-order valence-electron chi connectivity index (χ4n) is 2.67. The van der Waals surface area contributed by atoms with Gasteiger partial charge in [-0.15, -0.1) is 0 Å². The van der Waals surface area contributed by atoms with Crippen molar-refractivity contribution in [1.82, 2.24) is 4.72 Å². The van der Waals surface area contributed by atoms with Crippen LogP contribution in [0, 0.1) is 11.2 Å². The normalized spacial score (nSPS) is 18.9. The van der Waals surface area contributed by atoms with Crippen molar-refractivity contribution in [3.63, 3.8) is 0 Å². The first-order valence-corrected chi connectivity index (χ1v) is 8.35. The van der Waals surface area contributed by atoms with Crippen LogP contribution in [0.2, 0.25) is 0 Å². The van der Waals surface area contributed by atoms with Crippen molar-refractivity contribution in [2.24, 2.45) is 5.41 Å². The second-order valence-electron chi connectivity index (χ2n) is 5.88. The number of nitrogens with two attached hydrogens (primary N) is 1. The summed E-state index contributed by atoms with van der Waals surface area (Å²) in [6, 6.07) is 3.38. The van der Waals surface area contributed by atoms with E-state index in [-0.39, 0.29) is 16.0 Å². The minimum absolute atomic E-state index is 0.0204. The average molecular weight is 300 g/mol. The first-order valence-electron chi connectivity index (χ1n) is 6.87. The molecule has 1 aliphatic carbocycles. The highest BCUT2D eigenvalue weighted by Gasteiger charge is 2.29. The van der Waals surface area contributed by atoms with Crippen molar-refractivity contribution >= 4 is 15.7 Å². The molecule has 112 valence electrons. The van der Waals surface area contributed by atoms with Gasteiger partial charge in [0, 0.05) is 6.54 Å². The second kappa shape index (κ2) is 5.69. The van der Waals surface area contributed by atoms with Crippen molar-refractivity contribution < 1.29 is 12.8 Å². The minimum atomic E-state index is -3.77. The molecule has 4 nitrogen and oxygen atoms in total. The average Bonchev–Trinajstić information content (AvgIpc) is 2.40. The Morgan fingerprint density at radius 3 is 2.60 bits per heavy atom. The van der Waals surface area contributed by atoms with E-state index < -0.39 is 15.8 Å². The lowest BCUT2D eigenvalue weighted by Gasteiger charge is -2.33. The van der Waals surface area contributed by atoms with Crippen molar-refractivity contribution in [2.75, 3.05) is 12.3 Å². The number of benzene rings is 1. The summed E-state index contributed by atoms with van der Waals surface area (Å²) in [4.78, 5) is -0.183. The van der Waals surface area contributed by atoms with Crippen LogP contribution in [-0.4, -0.2) is 15.0 Å². The maximum atomic E-state index is 13.2. The summed E-state index contributed by atoms with van der Waals surface area (Å²) in [5.41, 5.74) is 5.67. The maximum absolute atomic E-state index is 13.2. The summed E-state index contributed by atoms with van der Waals surface area (Å²) in [5.74, 6) is -0.608. The molecular formula is C14H21FN2O2S. The summed E-state index contributed by atoms with van der Waals surface area (Å²) >= 11 is 0. The van der Waals surface area contributed by atoms with E-state index in [0.29, 0.717) is 6.54 Å². The first-order chi connectivity index (χ1) is 9.32. The van der Waals surface area contributed by atoms with Crippen LogP contribution < -0.4 is 10.5 Å². The first kappa shape index (κ1) is 15.3. The summed E-state index contributed by atoms with van der Waals surface area (Å²) in [6.07, 6.45) is 5.47. The molecule has 2 rings (SSSR count). The van der Waals surface area contributed by atoms with Crippen LogP contribution >= 0.6 is 0 Å². The molecule has 0 bridgehead atoms. The van der Waals surface area contributed by atoms with Gasteiger partial charge in [0.2, 0.25) is 10.0 Å². The summed E-state index contributed by atoms with van der Waals surface area (Å²) in [7, 11) is -3.77. The van der Waals surface area contributed by atoms with Gasteiger partial charge in [0.05, 0.1) is 5.69 Å². The smallest absolute Gasteiger partial charge is 0.242 e. The molecule has 0 spiro atoms. The zero-order chi connectivity index (χ0) is 14.8. The van der Waals surface area contributed by atoms with E-state index >= 15 is 0 Å². The van der Waals surface area contributed by atoms with Gasteiger partial charge in [-0.3, -0.25) is 0 Å². The molecule has 1 fully saturated rings. The Labute approximate surface area is 119 Å². The van der Waals surface area contributed by atoms with Crippen LogP contribution in [0.4, 0.5) is 10.1 Å². The Balaban J connectivity index is 2.13. The molecule has 6 heteroatoms. The molecule has 0 amide bonds. The summed E-state index contributed by atoms with van der Waals surface area (Å²) in [6.45, 7) is 2.45. The number of anilines is 1. The highest BCUT2D eigenvalue weighted by atomic mass is 32.2. The fraction of sp³-hybridized carbons (Fsp3) is 0.571. The zero-order valence-corrected chi connectivity index (χ0v) is 12.5. The molecule has 0 aliphatic heterocycles.